The van der Waals surface area contributed by atoms with Crippen molar-refractivity contribution in [2.24, 2.45) is 0 Å². The third kappa shape index (κ3) is 4.06. The van der Waals surface area contributed by atoms with Crippen LogP contribution in [-0.4, -0.2) is 23.8 Å². The van der Waals surface area contributed by atoms with Crippen LogP contribution < -0.4 is 15.4 Å². The molecule has 0 aromatic heterocycles. The summed E-state index contributed by atoms with van der Waals surface area (Å²) in [5.41, 5.74) is 2.96. The molecule has 0 spiro atoms. The molecule has 21 heavy (non-hydrogen) atoms. The highest BCUT2D eigenvalue weighted by atomic mass is 16.5. The van der Waals surface area contributed by atoms with Gasteiger partial charge in [-0.1, -0.05) is 6.58 Å². The van der Waals surface area contributed by atoms with E-state index in [2.05, 4.69) is 22.9 Å². The molecule has 6 nitrogen and oxygen atoms in total. The Balaban J connectivity index is 1.96. The Labute approximate surface area is 121 Å². The maximum absolute atomic E-state index is 11.6. The van der Waals surface area contributed by atoms with Crippen molar-refractivity contribution in [2.45, 2.75) is 18.9 Å². The molecule has 0 aliphatic carbocycles. The van der Waals surface area contributed by atoms with Crippen molar-refractivity contribution < 1.29 is 19.1 Å². The van der Waals surface area contributed by atoms with Gasteiger partial charge in [-0.15, -0.1) is 5.73 Å². The number of imide groups is 1. The predicted molar refractivity (Wildman–Crippen MR) is 75.6 cm³/mol. The van der Waals surface area contributed by atoms with Gasteiger partial charge in [-0.2, -0.15) is 0 Å². The number of hydrogen-bond acceptors (Lipinski definition) is 4. The summed E-state index contributed by atoms with van der Waals surface area (Å²) in [4.78, 5) is 33.9. The van der Waals surface area contributed by atoms with E-state index >= 15 is 0 Å². The van der Waals surface area contributed by atoms with E-state index in [0.717, 1.165) is 0 Å². The third-order valence-electron chi connectivity index (χ3n) is 2.82. The van der Waals surface area contributed by atoms with Gasteiger partial charge in [-0.3, -0.25) is 19.7 Å². The molecule has 0 saturated carbocycles. The van der Waals surface area contributed by atoms with Gasteiger partial charge in [0.05, 0.1) is 0 Å². The van der Waals surface area contributed by atoms with Gasteiger partial charge in [0.2, 0.25) is 5.91 Å². The maximum atomic E-state index is 11.6. The van der Waals surface area contributed by atoms with E-state index in [1.54, 1.807) is 24.3 Å². The van der Waals surface area contributed by atoms with Gasteiger partial charge in [0.15, 0.2) is 6.10 Å². The third-order valence-corrected chi connectivity index (χ3v) is 2.82. The van der Waals surface area contributed by atoms with Crippen molar-refractivity contribution in [3.63, 3.8) is 0 Å². The minimum absolute atomic E-state index is 0.262. The fraction of sp³-hybridized carbons (Fsp3) is 0.200. The largest absolute Gasteiger partial charge is 0.481 e. The van der Waals surface area contributed by atoms with Crippen LogP contribution in [0.1, 0.15) is 12.8 Å². The molecule has 1 fully saturated rings. The zero-order chi connectivity index (χ0) is 15.2. The first-order chi connectivity index (χ1) is 10.1. The Morgan fingerprint density at radius 3 is 2.71 bits per heavy atom. The summed E-state index contributed by atoms with van der Waals surface area (Å²) in [7, 11) is 0. The lowest BCUT2D eigenvalue weighted by Gasteiger charge is -2.22. The monoisotopic (exact) mass is 286 g/mol. The molecule has 108 valence electrons. The molecule has 1 aliphatic heterocycles. The first-order valence-corrected chi connectivity index (χ1v) is 6.35. The van der Waals surface area contributed by atoms with E-state index < -0.39 is 12.0 Å². The molecule has 2 N–H and O–H groups in total. The molecule has 2 rings (SSSR count). The highest BCUT2D eigenvalue weighted by Gasteiger charge is 2.28. The van der Waals surface area contributed by atoms with Gasteiger partial charge in [0, 0.05) is 24.6 Å². The molecule has 1 aromatic rings. The predicted octanol–water partition coefficient (Wildman–Crippen LogP) is 1.15. The second-order valence-electron chi connectivity index (χ2n) is 4.42. The number of amides is 3. The number of hydrogen-bond donors (Lipinski definition) is 2. The first-order valence-electron chi connectivity index (χ1n) is 6.35. The van der Waals surface area contributed by atoms with Crippen LogP contribution in [0, 0.1) is 0 Å². The average Bonchev–Trinajstić information content (AvgIpc) is 2.44. The zero-order valence-corrected chi connectivity index (χ0v) is 11.2. The van der Waals surface area contributed by atoms with Gasteiger partial charge in [-0.05, 0) is 24.3 Å². The lowest BCUT2D eigenvalue weighted by atomic mass is 10.1. The van der Waals surface area contributed by atoms with Crippen LogP contribution in [0.4, 0.5) is 5.69 Å². The first kappa shape index (κ1) is 14.6. The second kappa shape index (κ2) is 6.54. The molecular weight excluding hydrogens is 272 g/mol. The van der Waals surface area contributed by atoms with Gasteiger partial charge < -0.3 is 10.1 Å². The van der Waals surface area contributed by atoms with Crippen LogP contribution in [0.15, 0.2) is 42.7 Å². The summed E-state index contributed by atoms with van der Waals surface area (Å²) in [6, 6.07) is 6.57. The Bertz CT molecular complexity index is 615. The fourth-order valence-corrected chi connectivity index (χ4v) is 1.84. The van der Waals surface area contributed by atoms with E-state index in [1.807, 2.05) is 0 Å². The van der Waals surface area contributed by atoms with E-state index in [0.29, 0.717) is 17.9 Å². The summed E-state index contributed by atoms with van der Waals surface area (Å²) in [6.45, 7) is 3.31. The molecule has 1 saturated heterocycles. The van der Waals surface area contributed by atoms with Crippen LogP contribution in [0.3, 0.4) is 0 Å². The number of benzene rings is 1. The number of nitrogens with one attached hydrogen (secondary N) is 2. The lowest BCUT2D eigenvalue weighted by Crippen LogP contribution is -2.46. The number of carbonyl (C=O) groups excluding carboxylic acids is 3. The van der Waals surface area contributed by atoms with Crippen LogP contribution in [-0.2, 0) is 14.4 Å². The summed E-state index contributed by atoms with van der Waals surface area (Å²) in [6.07, 6.45) is 1.13. The van der Waals surface area contributed by atoms with Crippen molar-refractivity contribution >= 4 is 23.4 Å². The molecule has 1 heterocycles. The Kier molecular flexibility index (Phi) is 4.53. The number of carbonyl (C=O) groups is 3. The summed E-state index contributed by atoms with van der Waals surface area (Å²) in [5.74, 6) is -0.557. The van der Waals surface area contributed by atoms with Crippen LogP contribution >= 0.6 is 0 Å². The SMILES string of the molecule is C=C=CC(=O)Nc1ccc(OC2CCC(=O)NC2=O)cc1. The normalized spacial score (nSPS) is 17.4. The summed E-state index contributed by atoms with van der Waals surface area (Å²) in [5, 5.41) is 4.84. The van der Waals surface area contributed by atoms with E-state index in [9.17, 15) is 14.4 Å². The second-order valence-corrected chi connectivity index (χ2v) is 4.42. The van der Waals surface area contributed by atoms with Crippen LogP contribution in [0.25, 0.3) is 0 Å². The van der Waals surface area contributed by atoms with Crippen LogP contribution in [0.5, 0.6) is 5.75 Å². The van der Waals surface area contributed by atoms with Crippen molar-refractivity contribution in [3.05, 3.63) is 42.7 Å². The number of piperidine rings is 1. The number of ether oxygens (including phenoxy) is 1. The molecule has 1 atom stereocenters. The average molecular weight is 286 g/mol. The highest BCUT2D eigenvalue weighted by Crippen LogP contribution is 2.19. The van der Waals surface area contributed by atoms with Gasteiger partial charge in [0.25, 0.3) is 11.8 Å². The Morgan fingerprint density at radius 1 is 1.38 bits per heavy atom. The molecule has 1 aliphatic rings. The van der Waals surface area contributed by atoms with Gasteiger partial charge in [0.1, 0.15) is 5.75 Å². The quantitative estimate of drug-likeness (QED) is 0.494. The zero-order valence-electron chi connectivity index (χ0n) is 11.2. The van der Waals surface area contributed by atoms with E-state index in [1.165, 1.54) is 6.08 Å². The highest BCUT2D eigenvalue weighted by molar-refractivity contribution is 6.00. The Morgan fingerprint density at radius 2 is 2.10 bits per heavy atom. The van der Waals surface area contributed by atoms with Crippen LogP contribution in [0.2, 0.25) is 0 Å². The standard InChI is InChI=1S/C15H14N2O4/c1-2-3-13(18)16-10-4-6-11(7-5-10)21-12-8-9-14(19)17-15(12)20/h3-7,12H,1,8-9H2,(H,16,18)(H,17,19,20). The van der Waals surface area contributed by atoms with Gasteiger partial charge in [-0.25, -0.2) is 0 Å². The van der Waals surface area contributed by atoms with E-state index in [4.69, 9.17) is 4.74 Å². The van der Waals surface area contributed by atoms with Crippen molar-refractivity contribution in [1.29, 1.82) is 0 Å². The molecule has 0 radical (unpaired) electrons. The topological polar surface area (TPSA) is 84.5 Å². The van der Waals surface area contributed by atoms with E-state index in [-0.39, 0.29) is 18.2 Å². The summed E-state index contributed by atoms with van der Waals surface area (Å²) < 4.78 is 5.52. The fourth-order valence-electron chi connectivity index (χ4n) is 1.84. The number of rotatable bonds is 4. The van der Waals surface area contributed by atoms with Gasteiger partial charge >= 0.3 is 0 Å². The minimum atomic E-state index is -0.674. The smallest absolute Gasteiger partial charge is 0.267 e. The summed E-state index contributed by atoms with van der Waals surface area (Å²) >= 11 is 0. The van der Waals surface area contributed by atoms with Crippen molar-refractivity contribution in [3.8, 4) is 5.75 Å². The lowest BCUT2D eigenvalue weighted by molar-refractivity contribution is -0.138. The minimum Gasteiger partial charge on any atom is -0.481 e. The van der Waals surface area contributed by atoms with Crippen molar-refractivity contribution in [2.75, 3.05) is 5.32 Å². The Hall–Kier alpha value is -2.85. The molecule has 3 amide bonds. The van der Waals surface area contributed by atoms with Crippen molar-refractivity contribution in [1.82, 2.24) is 5.32 Å². The number of anilines is 1. The maximum Gasteiger partial charge on any atom is 0.267 e. The molecule has 1 unspecified atom stereocenters. The molecule has 1 aromatic carbocycles. The molecular formula is C15H14N2O4. The molecule has 6 heteroatoms. The molecule has 0 bridgehead atoms.